The monoisotopic (exact) mass is 419 g/mol. The molecule has 1 aliphatic rings. The number of hydrogen-bond acceptors (Lipinski definition) is 8. The SMILES string of the molecule is CCCS[C@H]1NC(=O)[C@H]1NC(=O)C(=NOC)c1csc(NC(=O)CCl)n1. The molecule has 0 bridgehead atoms. The number of carbonyl (C=O) groups excluding carboxylic acids is 3. The van der Waals surface area contributed by atoms with Gasteiger partial charge in [-0.2, -0.15) is 0 Å². The molecule has 1 aromatic heterocycles. The summed E-state index contributed by atoms with van der Waals surface area (Å²) in [6.45, 7) is 2.03. The molecule has 0 spiro atoms. The molecule has 2 atom stereocenters. The zero-order chi connectivity index (χ0) is 19.1. The van der Waals surface area contributed by atoms with Crippen molar-refractivity contribution in [3.8, 4) is 0 Å². The van der Waals surface area contributed by atoms with Gasteiger partial charge in [0, 0.05) is 5.38 Å². The van der Waals surface area contributed by atoms with Crippen molar-refractivity contribution in [1.82, 2.24) is 15.6 Å². The summed E-state index contributed by atoms with van der Waals surface area (Å²) in [4.78, 5) is 44.4. The van der Waals surface area contributed by atoms with Crippen molar-refractivity contribution in [3.63, 3.8) is 0 Å². The van der Waals surface area contributed by atoms with Crippen LogP contribution in [0.25, 0.3) is 0 Å². The van der Waals surface area contributed by atoms with E-state index < -0.39 is 17.9 Å². The van der Waals surface area contributed by atoms with Gasteiger partial charge in [-0.15, -0.1) is 34.7 Å². The Hall–Kier alpha value is -1.85. The lowest BCUT2D eigenvalue weighted by Crippen LogP contribution is -2.68. The van der Waals surface area contributed by atoms with Gasteiger partial charge in [-0.05, 0) is 12.2 Å². The van der Waals surface area contributed by atoms with E-state index in [1.54, 1.807) is 17.1 Å². The number of thioether (sulfide) groups is 1. The number of nitrogens with zero attached hydrogens (tertiary/aromatic N) is 2. The number of rotatable bonds is 9. The van der Waals surface area contributed by atoms with Crippen molar-refractivity contribution >= 4 is 63.3 Å². The average Bonchev–Trinajstić information content (AvgIpc) is 3.08. The van der Waals surface area contributed by atoms with Crippen LogP contribution >= 0.6 is 34.7 Å². The first-order valence-corrected chi connectivity index (χ1v) is 10.1. The van der Waals surface area contributed by atoms with E-state index in [0.717, 1.165) is 23.5 Å². The quantitative estimate of drug-likeness (QED) is 0.235. The first-order chi connectivity index (χ1) is 12.5. The number of halogens is 1. The molecule has 9 nitrogen and oxygen atoms in total. The summed E-state index contributed by atoms with van der Waals surface area (Å²) in [5, 5.41) is 13.2. The van der Waals surface area contributed by atoms with Crippen LogP contribution in [0.15, 0.2) is 10.5 Å². The summed E-state index contributed by atoms with van der Waals surface area (Å²) >= 11 is 8.11. The highest BCUT2D eigenvalue weighted by atomic mass is 35.5. The molecular weight excluding hydrogens is 402 g/mol. The maximum Gasteiger partial charge on any atom is 0.276 e. The number of nitrogens with one attached hydrogen (secondary N) is 3. The molecule has 26 heavy (non-hydrogen) atoms. The molecule has 3 amide bonds. The number of thiazole rings is 1. The van der Waals surface area contributed by atoms with Gasteiger partial charge in [0.05, 0.1) is 0 Å². The largest absolute Gasteiger partial charge is 0.398 e. The number of β-lactam (4-membered cyclic amide) rings is 1. The predicted octanol–water partition coefficient (Wildman–Crippen LogP) is 0.755. The molecule has 1 aromatic rings. The van der Waals surface area contributed by atoms with Gasteiger partial charge in [-0.3, -0.25) is 14.4 Å². The van der Waals surface area contributed by atoms with Gasteiger partial charge in [-0.25, -0.2) is 4.98 Å². The van der Waals surface area contributed by atoms with E-state index in [2.05, 4.69) is 26.1 Å². The van der Waals surface area contributed by atoms with Crippen LogP contribution in [-0.4, -0.2) is 58.6 Å². The summed E-state index contributed by atoms with van der Waals surface area (Å²) in [5.74, 6) is -0.593. The minimum atomic E-state index is -0.643. The molecule has 0 aliphatic carbocycles. The summed E-state index contributed by atoms with van der Waals surface area (Å²) in [7, 11) is 1.30. The van der Waals surface area contributed by atoms with Crippen LogP contribution in [0.4, 0.5) is 5.13 Å². The predicted molar refractivity (Wildman–Crippen MR) is 102 cm³/mol. The van der Waals surface area contributed by atoms with E-state index in [4.69, 9.17) is 16.4 Å². The Balaban J connectivity index is 2.07. The van der Waals surface area contributed by atoms with Gasteiger partial charge in [-0.1, -0.05) is 12.1 Å². The van der Waals surface area contributed by atoms with Crippen LogP contribution in [0.2, 0.25) is 0 Å². The minimum absolute atomic E-state index is 0.0888. The third kappa shape index (κ3) is 5.08. The van der Waals surface area contributed by atoms with Gasteiger partial charge in [0.1, 0.15) is 30.1 Å². The normalized spacial score (nSPS) is 19.3. The number of aromatic nitrogens is 1. The molecule has 142 valence electrons. The van der Waals surface area contributed by atoms with E-state index in [1.807, 2.05) is 6.92 Å². The van der Waals surface area contributed by atoms with Crippen molar-refractivity contribution < 1.29 is 19.2 Å². The van der Waals surface area contributed by atoms with Crippen molar-refractivity contribution in [2.45, 2.75) is 24.8 Å². The lowest BCUT2D eigenvalue weighted by Gasteiger charge is -2.36. The third-order valence-electron chi connectivity index (χ3n) is 3.17. The van der Waals surface area contributed by atoms with Gasteiger partial charge < -0.3 is 20.8 Å². The first kappa shape index (κ1) is 20.5. The van der Waals surface area contributed by atoms with Crippen LogP contribution < -0.4 is 16.0 Å². The second-order valence-electron chi connectivity index (χ2n) is 5.09. The van der Waals surface area contributed by atoms with Crippen molar-refractivity contribution in [1.29, 1.82) is 0 Å². The van der Waals surface area contributed by atoms with E-state index in [9.17, 15) is 14.4 Å². The number of alkyl halides is 1. The number of hydrogen-bond donors (Lipinski definition) is 3. The lowest BCUT2D eigenvalue weighted by molar-refractivity contribution is -0.132. The lowest BCUT2D eigenvalue weighted by atomic mass is 10.1. The average molecular weight is 420 g/mol. The molecule has 0 aromatic carbocycles. The zero-order valence-corrected chi connectivity index (χ0v) is 16.5. The van der Waals surface area contributed by atoms with Crippen LogP contribution in [0.5, 0.6) is 0 Å². The molecule has 12 heteroatoms. The fourth-order valence-electron chi connectivity index (χ4n) is 1.98. The van der Waals surface area contributed by atoms with E-state index in [1.165, 1.54) is 7.11 Å². The van der Waals surface area contributed by atoms with Gasteiger partial charge in [0.2, 0.25) is 11.8 Å². The summed E-state index contributed by atoms with van der Waals surface area (Å²) < 4.78 is 0. The third-order valence-corrected chi connectivity index (χ3v) is 5.56. The molecule has 0 saturated carbocycles. The van der Waals surface area contributed by atoms with Crippen molar-refractivity contribution in [2.24, 2.45) is 5.16 Å². The maximum absolute atomic E-state index is 12.5. The standard InChI is InChI=1S/C14H18ClN5O4S2/c1-3-4-25-13-10(12(23)19-13)18-11(22)9(20-24-2)7-6-26-14(16-7)17-8(21)5-15/h6,10,13H,3-5H2,1-2H3,(H,18,22)(H,19,23)(H,16,17,21)/t10-,13-/m1/s1. The fourth-order valence-corrected chi connectivity index (χ4v) is 3.83. The van der Waals surface area contributed by atoms with E-state index in [0.29, 0.717) is 0 Å². The molecule has 2 rings (SSSR count). The van der Waals surface area contributed by atoms with Crippen LogP contribution in [0.1, 0.15) is 19.0 Å². The number of oxime groups is 1. The van der Waals surface area contributed by atoms with Gasteiger partial charge >= 0.3 is 0 Å². The summed E-state index contributed by atoms with van der Waals surface area (Å²) in [5.41, 5.74) is 0.130. The summed E-state index contributed by atoms with van der Waals surface area (Å²) in [6, 6.07) is -0.643. The minimum Gasteiger partial charge on any atom is -0.398 e. The van der Waals surface area contributed by atoms with Gasteiger partial charge in [0.25, 0.3) is 5.91 Å². The van der Waals surface area contributed by atoms with Crippen LogP contribution in [0.3, 0.4) is 0 Å². The second-order valence-corrected chi connectivity index (χ2v) is 7.47. The molecule has 0 radical (unpaired) electrons. The Morgan fingerprint density at radius 2 is 2.31 bits per heavy atom. The molecule has 1 fully saturated rings. The second kappa shape index (κ2) is 9.74. The Kier molecular flexibility index (Phi) is 7.66. The fraction of sp³-hybridized carbons (Fsp3) is 0.500. The molecule has 3 N–H and O–H groups in total. The van der Waals surface area contributed by atoms with Crippen molar-refractivity contribution in [2.75, 3.05) is 24.1 Å². The van der Waals surface area contributed by atoms with Crippen LogP contribution in [-0.2, 0) is 19.2 Å². The molecular formula is C14H18ClN5O4S2. The molecule has 1 aliphatic heterocycles. The highest BCUT2D eigenvalue weighted by Crippen LogP contribution is 2.21. The Morgan fingerprint density at radius 1 is 1.54 bits per heavy atom. The van der Waals surface area contributed by atoms with E-state index >= 15 is 0 Å². The Labute approximate surface area is 163 Å². The molecule has 0 unspecified atom stereocenters. The Bertz CT molecular complexity index is 711. The number of carbonyl (C=O) groups is 3. The smallest absolute Gasteiger partial charge is 0.276 e. The Morgan fingerprint density at radius 3 is 2.92 bits per heavy atom. The van der Waals surface area contributed by atoms with E-state index in [-0.39, 0.29) is 33.7 Å². The highest BCUT2D eigenvalue weighted by Gasteiger charge is 2.41. The topological polar surface area (TPSA) is 122 Å². The summed E-state index contributed by atoms with van der Waals surface area (Å²) in [6.07, 6.45) is 0.962. The highest BCUT2D eigenvalue weighted by molar-refractivity contribution is 8.00. The first-order valence-electron chi connectivity index (χ1n) is 7.65. The molecule has 1 saturated heterocycles. The maximum atomic E-state index is 12.5. The van der Waals surface area contributed by atoms with Crippen molar-refractivity contribution in [3.05, 3.63) is 11.1 Å². The van der Waals surface area contributed by atoms with Crippen LogP contribution in [0, 0.1) is 0 Å². The molecule has 2 heterocycles. The van der Waals surface area contributed by atoms with Gasteiger partial charge in [0.15, 0.2) is 10.8 Å². The number of amides is 3. The zero-order valence-electron chi connectivity index (χ0n) is 14.1. The number of anilines is 1.